The van der Waals surface area contributed by atoms with E-state index in [1.54, 1.807) is 13.1 Å². The molecule has 1 aromatic heterocycles. The summed E-state index contributed by atoms with van der Waals surface area (Å²) in [5.41, 5.74) is -0.483. The summed E-state index contributed by atoms with van der Waals surface area (Å²) in [6.07, 6.45) is 5.83. The second-order valence-electron chi connectivity index (χ2n) is 5.52. The Kier molecular flexibility index (Phi) is 4.52. The van der Waals surface area contributed by atoms with Crippen molar-refractivity contribution < 1.29 is 14.1 Å². The molecule has 1 aliphatic rings. The Morgan fingerprint density at radius 3 is 2.96 bits per heavy atom. The molecule has 1 N–H and O–H groups in total. The van der Waals surface area contributed by atoms with Gasteiger partial charge in [-0.1, -0.05) is 11.8 Å². The molecule has 2 aromatic rings. The van der Waals surface area contributed by atoms with E-state index in [1.807, 2.05) is 6.20 Å². The van der Waals surface area contributed by atoms with Gasteiger partial charge in [-0.25, -0.2) is 4.98 Å². The predicted molar refractivity (Wildman–Crippen MR) is 87.5 cm³/mol. The van der Waals surface area contributed by atoms with Crippen LogP contribution in [0.2, 0.25) is 0 Å². The lowest BCUT2D eigenvalue weighted by atomic mass is 10.2. The number of carbonyl (C=O) groups excluding carboxylic acids is 1. The lowest BCUT2D eigenvalue weighted by Crippen LogP contribution is -2.23. The average Bonchev–Trinajstić information content (AvgIpc) is 3.28. The van der Waals surface area contributed by atoms with Crippen LogP contribution in [0, 0.1) is 15.9 Å². The lowest BCUT2D eigenvalue weighted by molar-refractivity contribution is -0.387. The Hall–Kier alpha value is -2.42. The van der Waals surface area contributed by atoms with Gasteiger partial charge < -0.3 is 9.88 Å². The highest BCUT2D eigenvalue weighted by Gasteiger charge is 2.27. The Labute approximate surface area is 141 Å². The fraction of sp³-hybridized carbons (Fsp3) is 0.333. The number of imidazole rings is 1. The van der Waals surface area contributed by atoms with Gasteiger partial charge in [-0.2, -0.15) is 4.39 Å². The number of anilines is 1. The van der Waals surface area contributed by atoms with E-state index in [1.165, 1.54) is 17.8 Å². The van der Waals surface area contributed by atoms with Crippen LogP contribution >= 0.6 is 11.8 Å². The van der Waals surface area contributed by atoms with Crippen molar-refractivity contribution >= 4 is 29.0 Å². The largest absolute Gasteiger partial charge is 0.325 e. The second kappa shape index (κ2) is 6.60. The van der Waals surface area contributed by atoms with E-state index in [9.17, 15) is 19.3 Å². The van der Waals surface area contributed by atoms with E-state index in [2.05, 4.69) is 14.9 Å². The van der Waals surface area contributed by atoms with Gasteiger partial charge in [0.2, 0.25) is 11.7 Å². The first-order chi connectivity index (χ1) is 11.5. The van der Waals surface area contributed by atoms with E-state index in [0.29, 0.717) is 6.04 Å². The van der Waals surface area contributed by atoms with E-state index >= 15 is 0 Å². The number of hydrogen-bond donors (Lipinski definition) is 1. The second-order valence-corrected chi connectivity index (χ2v) is 6.83. The van der Waals surface area contributed by atoms with Crippen LogP contribution < -0.4 is 5.32 Å². The zero-order valence-corrected chi connectivity index (χ0v) is 13.6. The van der Waals surface area contributed by atoms with E-state index < -0.39 is 21.7 Å². The molecule has 0 spiro atoms. The first kappa shape index (κ1) is 16.4. The van der Waals surface area contributed by atoms with Gasteiger partial charge in [-0.15, -0.1) is 0 Å². The molecule has 1 saturated carbocycles. The van der Waals surface area contributed by atoms with Crippen LogP contribution in [0.1, 0.15) is 25.8 Å². The number of hydrogen-bond acceptors (Lipinski definition) is 5. The lowest BCUT2D eigenvalue weighted by Gasteiger charge is -2.12. The normalized spacial score (nSPS) is 15.1. The highest BCUT2D eigenvalue weighted by atomic mass is 32.2. The fourth-order valence-electron chi connectivity index (χ4n) is 2.21. The van der Waals surface area contributed by atoms with Crippen LogP contribution in [0.4, 0.5) is 15.8 Å². The molecule has 0 saturated heterocycles. The van der Waals surface area contributed by atoms with Crippen molar-refractivity contribution in [3.05, 3.63) is 46.5 Å². The molecule has 1 unspecified atom stereocenters. The molecule has 9 heteroatoms. The van der Waals surface area contributed by atoms with Crippen LogP contribution in [0.15, 0.2) is 35.7 Å². The maximum absolute atomic E-state index is 13.3. The Morgan fingerprint density at radius 2 is 2.29 bits per heavy atom. The summed E-state index contributed by atoms with van der Waals surface area (Å²) in [4.78, 5) is 26.5. The predicted octanol–water partition coefficient (Wildman–Crippen LogP) is 3.38. The molecule has 0 bridgehead atoms. The maximum Gasteiger partial charge on any atom is 0.306 e. The summed E-state index contributed by atoms with van der Waals surface area (Å²) >= 11 is 1.32. The summed E-state index contributed by atoms with van der Waals surface area (Å²) < 4.78 is 15.4. The fourth-order valence-corrected chi connectivity index (χ4v) is 3.14. The third-order valence-electron chi connectivity index (χ3n) is 3.64. The standard InChI is InChI=1S/C15H15FN4O3S/c1-9(24-15-17-6-7-19(15)11-3-4-11)14(21)18-10-2-5-12(16)13(8-10)20(22)23/h2,5-9,11H,3-4H2,1H3,(H,18,21). The molecular formula is C15H15FN4O3S. The minimum atomic E-state index is -0.938. The SMILES string of the molecule is CC(Sc1nccn1C1CC1)C(=O)Nc1ccc(F)c([N+](=O)[O-])c1. The number of halogens is 1. The molecule has 24 heavy (non-hydrogen) atoms. The molecule has 1 amide bonds. The minimum Gasteiger partial charge on any atom is -0.325 e. The van der Waals surface area contributed by atoms with Crippen molar-refractivity contribution in [2.75, 3.05) is 5.32 Å². The Balaban J connectivity index is 1.67. The number of amides is 1. The number of benzene rings is 1. The number of nitro groups is 1. The number of carbonyl (C=O) groups is 1. The van der Waals surface area contributed by atoms with Gasteiger partial charge in [-0.05, 0) is 31.9 Å². The number of rotatable bonds is 6. The van der Waals surface area contributed by atoms with Gasteiger partial charge in [0.25, 0.3) is 0 Å². The maximum atomic E-state index is 13.3. The molecule has 0 aliphatic heterocycles. The molecule has 1 aliphatic carbocycles. The first-order valence-electron chi connectivity index (χ1n) is 7.40. The number of nitrogens with one attached hydrogen (secondary N) is 1. The van der Waals surface area contributed by atoms with Gasteiger partial charge in [-0.3, -0.25) is 14.9 Å². The topological polar surface area (TPSA) is 90.1 Å². The molecule has 1 fully saturated rings. The molecule has 1 heterocycles. The van der Waals surface area contributed by atoms with Gasteiger partial charge in [0.1, 0.15) is 0 Å². The number of nitro benzene ring substituents is 1. The van der Waals surface area contributed by atoms with Crippen molar-refractivity contribution in [1.29, 1.82) is 0 Å². The highest BCUT2D eigenvalue weighted by Crippen LogP contribution is 2.38. The molecular weight excluding hydrogens is 335 g/mol. The molecule has 1 atom stereocenters. The van der Waals surface area contributed by atoms with Crippen molar-refractivity contribution in [3.63, 3.8) is 0 Å². The third kappa shape index (κ3) is 3.56. The van der Waals surface area contributed by atoms with Crippen molar-refractivity contribution in [3.8, 4) is 0 Å². The third-order valence-corrected chi connectivity index (χ3v) is 4.73. The van der Waals surface area contributed by atoms with Gasteiger partial charge in [0.15, 0.2) is 5.16 Å². The zero-order valence-electron chi connectivity index (χ0n) is 12.8. The zero-order chi connectivity index (χ0) is 17.3. The van der Waals surface area contributed by atoms with Crippen LogP contribution in [0.3, 0.4) is 0 Å². The smallest absolute Gasteiger partial charge is 0.306 e. The monoisotopic (exact) mass is 350 g/mol. The van der Waals surface area contributed by atoms with E-state index in [-0.39, 0.29) is 11.6 Å². The highest BCUT2D eigenvalue weighted by molar-refractivity contribution is 8.00. The van der Waals surface area contributed by atoms with E-state index in [4.69, 9.17) is 0 Å². The van der Waals surface area contributed by atoms with Crippen molar-refractivity contribution in [1.82, 2.24) is 9.55 Å². The van der Waals surface area contributed by atoms with Gasteiger partial charge >= 0.3 is 5.69 Å². The van der Waals surface area contributed by atoms with E-state index in [0.717, 1.165) is 30.1 Å². The Bertz CT molecular complexity index is 791. The quantitative estimate of drug-likeness (QED) is 0.490. The molecule has 7 nitrogen and oxygen atoms in total. The van der Waals surface area contributed by atoms with Crippen molar-refractivity contribution in [2.45, 2.75) is 36.2 Å². The summed E-state index contributed by atoms with van der Waals surface area (Å²) in [5.74, 6) is -1.27. The number of nitrogens with zero attached hydrogens (tertiary/aromatic N) is 3. The van der Waals surface area contributed by atoms with Crippen LogP contribution in [0.25, 0.3) is 0 Å². The summed E-state index contributed by atoms with van der Waals surface area (Å²) in [6.45, 7) is 1.73. The molecule has 0 radical (unpaired) electrons. The first-order valence-corrected chi connectivity index (χ1v) is 8.28. The van der Waals surface area contributed by atoms with Crippen molar-refractivity contribution in [2.24, 2.45) is 0 Å². The van der Waals surface area contributed by atoms with Gasteiger partial charge in [0.05, 0.1) is 10.2 Å². The van der Waals surface area contributed by atoms with Crippen LogP contribution in [-0.2, 0) is 4.79 Å². The summed E-state index contributed by atoms with van der Waals surface area (Å²) in [6, 6.07) is 3.73. The number of aromatic nitrogens is 2. The molecule has 126 valence electrons. The minimum absolute atomic E-state index is 0.186. The molecule has 1 aromatic carbocycles. The average molecular weight is 350 g/mol. The Morgan fingerprint density at radius 1 is 1.54 bits per heavy atom. The van der Waals surface area contributed by atoms with Crippen LogP contribution in [-0.4, -0.2) is 25.6 Å². The van der Waals surface area contributed by atoms with Gasteiger partial charge in [0, 0.05) is 30.2 Å². The summed E-state index contributed by atoms with van der Waals surface area (Å²) in [5, 5.41) is 13.6. The summed E-state index contributed by atoms with van der Waals surface area (Å²) in [7, 11) is 0. The number of thioether (sulfide) groups is 1. The molecule has 3 rings (SSSR count). The van der Waals surface area contributed by atoms with Crippen LogP contribution in [0.5, 0.6) is 0 Å².